The number of carbonyl (C=O) groups is 1. The van der Waals surface area contributed by atoms with Gasteiger partial charge in [-0.3, -0.25) is 0 Å². The highest BCUT2D eigenvalue weighted by molar-refractivity contribution is 6.31. The Bertz CT molecular complexity index is 588. The molecule has 16 heavy (non-hydrogen) atoms. The maximum atomic E-state index is 11.1. The van der Waals surface area contributed by atoms with Gasteiger partial charge in [-0.15, -0.1) is 0 Å². The zero-order chi connectivity index (χ0) is 11.3. The molecule has 1 aliphatic rings. The van der Waals surface area contributed by atoms with Gasteiger partial charge in [0, 0.05) is 21.6 Å². The lowest BCUT2D eigenvalue weighted by Crippen LogP contribution is -2.14. The maximum absolute atomic E-state index is 11.1. The van der Waals surface area contributed by atoms with E-state index in [4.69, 9.17) is 16.7 Å². The minimum absolute atomic E-state index is 0.423. The summed E-state index contributed by atoms with van der Waals surface area (Å²) < 4.78 is 1.91. The quantitative estimate of drug-likeness (QED) is 0.826. The predicted molar refractivity (Wildman–Crippen MR) is 61.9 cm³/mol. The van der Waals surface area contributed by atoms with Crippen molar-refractivity contribution in [2.75, 3.05) is 0 Å². The van der Waals surface area contributed by atoms with Gasteiger partial charge in [-0.2, -0.15) is 0 Å². The average molecular weight is 236 g/mol. The van der Waals surface area contributed by atoms with Gasteiger partial charge < -0.3 is 9.67 Å². The molecule has 0 saturated carbocycles. The number of aromatic nitrogens is 1. The standard InChI is InChI=1S/C12H10ClNO2/c13-8-1-3-10-7(5-8)6-9-2-4-11(12(15)16)14(9)10/h1,3,5-6,11H,2,4H2,(H,15,16). The third kappa shape index (κ3) is 1.25. The van der Waals surface area contributed by atoms with Crippen LogP contribution in [-0.2, 0) is 11.2 Å². The fourth-order valence-electron chi connectivity index (χ4n) is 2.47. The minimum Gasteiger partial charge on any atom is -0.480 e. The van der Waals surface area contributed by atoms with E-state index < -0.39 is 12.0 Å². The van der Waals surface area contributed by atoms with Crippen molar-refractivity contribution in [3.8, 4) is 0 Å². The Labute approximate surface area is 97.2 Å². The van der Waals surface area contributed by atoms with Crippen molar-refractivity contribution >= 4 is 28.5 Å². The third-order valence-electron chi connectivity index (χ3n) is 3.15. The SMILES string of the molecule is O=C(O)C1CCc2cc3cc(Cl)ccc3n21. The second kappa shape index (κ2) is 3.25. The van der Waals surface area contributed by atoms with Crippen LogP contribution >= 0.6 is 11.6 Å². The summed E-state index contributed by atoms with van der Waals surface area (Å²) in [5.74, 6) is -0.758. The van der Waals surface area contributed by atoms with Crippen LogP contribution in [0.1, 0.15) is 18.2 Å². The fourth-order valence-corrected chi connectivity index (χ4v) is 2.65. The number of carboxylic acid groups (broad SMARTS) is 1. The number of nitrogens with zero attached hydrogens (tertiary/aromatic N) is 1. The van der Waals surface area contributed by atoms with Gasteiger partial charge in [-0.05, 0) is 37.1 Å². The maximum Gasteiger partial charge on any atom is 0.326 e. The van der Waals surface area contributed by atoms with E-state index in [-0.39, 0.29) is 0 Å². The van der Waals surface area contributed by atoms with Crippen LogP contribution in [0.15, 0.2) is 24.3 Å². The zero-order valence-corrected chi connectivity index (χ0v) is 9.24. The van der Waals surface area contributed by atoms with Crippen molar-refractivity contribution in [3.05, 3.63) is 35.0 Å². The second-order valence-corrected chi connectivity index (χ2v) is 4.54. The molecule has 1 aromatic heterocycles. The Morgan fingerprint density at radius 1 is 1.44 bits per heavy atom. The summed E-state index contributed by atoms with van der Waals surface area (Å²) in [5.41, 5.74) is 2.05. The molecule has 3 nitrogen and oxygen atoms in total. The van der Waals surface area contributed by atoms with E-state index in [1.807, 2.05) is 22.8 Å². The molecule has 1 atom stereocenters. The van der Waals surface area contributed by atoms with Crippen LogP contribution in [0.4, 0.5) is 0 Å². The highest BCUT2D eigenvalue weighted by Gasteiger charge is 2.29. The van der Waals surface area contributed by atoms with Crippen molar-refractivity contribution in [1.82, 2.24) is 4.57 Å². The van der Waals surface area contributed by atoms with Crippen molar-refractivity contribution in [3.63, 3.8) is 0 Å². The molecule has 1 aromatic carbocycles. The molecule has 4 heteroatoms. The van der Waals surface area contributed by atoms with Crippen molar-refractivity contribution in [1.29, 1.82) is 0 Å². The van der Waals surface area contributed by atoms with Crippen LogP contribution in [0.3, 0.4) is 0 Å². The van der Waals surface area contributed by atoms with E-state index in [9.17, 15) is 4.79 Å². The third-order valence-corrected chi connectivity index (χ3v) is 3.39. The van der Waals surface area contributed by atoms with Crippen LogP contribution in [0.25, 0.3) is 10.9 Å². The first-order valence-corrected chi connectivity index (χ1v) is 5.57. The molecular formula is C12H10ClNO2. The largest absolute Gasteiger partial charge is 0.480 e. The highest BCUT2D eigenvalue weighted by atomic mass is 35.5. The average Bonchev–Trinajstić information content (AvgIpc) is 2.74. The molecule has 0 spiro atoms. The number of hydrogen-bond acceptors (Lipinski definition) is 1. The van der Waals surface area contributed by atoms with Crippen molar-refractivity contribution in [2.45, 2.75) is 18.9 Å². The van der Waals surface area contributed by atoms with Crippen molar-refractivity contribution < 1.29 is 9.90 Å². The Morgan fingerprint density at radius 3 is 3.00 bits per heavy atom. The Morgan fingerprint density at radius 2 is 2.25 bits per heavy atom. The molecular weight excluding hydrogens is 226 g/mol. The molecule has 1 aliphatic heterocycles. The highest BCUT2D eigenvalue weighted by Crippen LogP contribution is 2.34. The number of hydrogen-bond donors (Lipinski definition) is 1. The lowest BCUT2D eigenvalue weighted by molar-refractivity contribution is -0.140. The van der Waals surface area contributed by atoms with Crippen LogP contribution in [-0.4, -0.2) is 15.6 Å². The lowest BCUT2D eigenvalue weighted by Gasteiger charge is -2.09. The summed E-state index contributed by atoms with van der Waals surface area (Å²) in [6.07, 6.45) is 1.51. The molecule has 2 heterocycles. The van der Waals surface area contributed by atoms with Crippen LogP contribution < -0.4 is 0 Å². The number of fused-ring (bicyclic) bond motifs is 3. The normalized spacial score (nSPS) is 18.9. The summed E-state index contributed by atoms with van der Waals surface area (Å²) in [6.45, 7) is 0. The van der Waals surface area contributed by atoms with Gasteiger partial charge in [-0.25, -0.2) is 4.79 Å². The Kier molecular flexibility index (Phi) is 1.98. The number of aryl methyl sites for hydroxylation is 1. The van der Waals surface area contributed by atoms with Gasteiger partial charge in [0.25, 0.3) is 0 Å². The first-order valence-electron chi connectivity index (χ1n) is 5.19. The molecule has 1 N–H and O–H groups in total. The van der Waals surface area contributed by atoms with Gasteiger partial charge in [-0.1, -0.05) is 11.6 Å². The van der Waals surface area contributed by atoms with E-state index in [0.29, 0.717) is 11.4 Å². The molecule has 0 amide bonds. The van der Waals surface area contributed by atoms with E-state index in [0.717, 1.165) is 23.0 Å². The number of aliphatic carboxylic acids is 1. The van der Waals surface area contributed by atoms with Crippen LogP contribution in [0.5, 0.6) is 0 Å². The molecule has 0 fully saturated rings. The van der Waals surface area contributed by atoms with E-state index in [1.165, 1.54) is 0 Å². The van der Waals surface area contributed by atoms with Gasteiger partial charge in [0.1, 0.15) is 6.04 Å². The lowest BCUT2D eigenvalue weighted by atomic mass is 10.1. The Hall–Kier alpha value is -1.48. The first kappa shape index (κ1) is 9.73. The van der Waals surface area contributed by atoms with E-state index >= 15 is 0 Å². The number of benzene rings is 1. The predicted octanol–water partition coefficient (Wildman–Crippen LogP) is 2.87. The summed E-state index contributed by atoms with van der Waals surface area (Å²) >= 11 is 5.91. The van der Waals surface area contributed by atoms with E-state index in [2.05, 4.69) is 0 Å². The number of carboxylic acids is 1. The molecule has 0 bridgehead atoms. The zero-order valence-electron chi connectivity index (χ0n) is 8.48. The van der Waals surface area contributed by atoms with E-state index in [1.54, 1.807) is 6.07 Å². The number of halogens is 1. The monoisotopic (exact) mass is 235 g/mol. The van der Waals surface area contributed by atoms with Gasteiger partial charge in [0.05, 0.1) is 0 Å². The Balaban J connectivity index is 2.27. The van der Waals surface area contributed by atoms with Gasteiger partial charge in [0.15, 0.2) is 0 Å². The molecule has 1 unspecified atom stereocenters. The van der Waals surface area contributed by atoms with Crippen LogP contribution in [0, 0.1) is 0 Å². The minimum atomic E-state index is -0.758. The smallest absolute Gasteiger partial charge is 0.326 e. The molecule has 82 valence electrons. The van der Waals surface area contributed by atoms with Crippen LogP contribution in [0.2, 0.25) is 5.02 Å². The fraction of sp³-hybridized carbons (Fsp3) is 0.250. The molecule has 0 radical (unpaired) electrons. The number of rotatable bonds is 1. The first-order chi connectivity index (χ1) is 7.66. The molecule has 2 aromatic rings. The summed E-state index contributed by atoms with van der Waals surface area (Å²) in [7, 11) is 0. The summed E-state index contributed by atoms with van der Waals surface area (Å²) in [6, 6.07) is 7.18. The van der Waals surface area contributed by atoms with Crippen molar-refractivity contribution in [2.24, 2.45) is 0 Å². The summed E-state index contributed by atoms with van der Waals surface area (Å²) in [5, 5.41) is 10.9. The van der Waals surface area contributed by atoms with Gasteiger partial charge in [0.2, 0.25) is 0 Å². The topological polar surface area (TPSA) is 42.2 Å². The molecule has 0 aliphatic carbocycles. The summed E-state index contributed by atoms with van der Waals surface area (Å²) in [4.78, 5) is 11.1. The second-order valence-electron chi connectivity index (χ2n) is 4.10. The molecule has 3 rings (SSSR count). The molecule has 0 saturated heterocycles. The van der Waals surface area contributed by atoms with Gasteiger partial charge >= 0.3 is 5.97 Å².